The van der Waals surface area contributed by atoms with E-state index in [1.807, 2.05) is 0 Å². The van der Waals surface area contributed by atoms with E-state index in [0.717, 1.165) is 14.7 Å². The van der Waals surface area contributed by atoms with Crippen LogP contribution in [0.5, 0.6) is 5.75 Å². The molecule has 1 aliphatic rings. The van der Waals surface area contributed by atoms with Crippen molar-refractivity contribution in [1.82, 2.24) is 0 Å². The van der Waals surface area contributed by atoms with Gasteiger partial charge in [0, 0.05) is 8.95 Å². The Morgan fingerprint density at radius 1 is 0.590 bits per heavy atom. The maximum atomic E-state index is 7.06. The maximum absolute atomic E-state index is 7.06. The Hall–Kier alpha value is -2.14. The lowest BCUT2D eigenvalue weighted by molar-refractivity contribution is 0.479. The summed E-state index contributed by atoms with van der Waals surface area (Å²) in [6.07, 6.45) is 0. The fraction of sp³-hybridized carbons (Fsp3) is 0.314. The fourth-order valence-corrected chi connectivity index (χ4v) is 13.2. The van der Waals surface area contributed by atoms with Gasteiger partial charge in [0.2, 0.25) is 0 Å². The van der Waals surface area contributed by atoms with Gasteiger partial charge in [0.05, 0.1) is 5.41 Å². The van der Waals surface area contributed by atoms with Gasteiger partial charge in [0.1, 0.15) is 5.75 Å². The molecule has 0 amide bonds. The van der Waals surface area contributed by atoms with Crippen LogP contribution in [-0.4, -0.2) is 8.32 Å². The number of fused-ring (bicyclic) bond motifs is 3. The first-order valence-corrected chi connectivity index (χ1v) is 17.7. The van der Waals surface area contributed by atoms with E-state index in [-0.39, 0.29) is 0 Å². The van der Waals surface area contributed by atoms with Crippen LogP contribution in [0.1, 0.15) is 69.4 Å². The summed E-state index contributed by atoms with van der Waals surface area (Å²) in [5, 5.41) is 0. The third-order valence-electron chi connectivity index (χ3n) is 8.84. The van der Waals surface area contributed by atoms with Gasteiger partial charge < -0.3 is 4.43 Å². The highest BCUT2D eigenvalue weighted by Crippen LogP contribution is 2.57. The normalized spacial score (nSPS) is 14.2. The average molecular weight is 663 g/mol. The summed E-state index contributed by atoms with van der Waals surface area (Å²) >= 11 is 7.59. The van der Waals surface area contributed by atoms with Crippen LogP contribution in [0.15, 0.2) is 93.9 Å². The third kappa shape index (κ3) is 4.57. The van der Waals surface area contributed by atoms with Gasteiger partial charge in [-0.2, -0.15) is 0 Å². The number of hydrogen-bond donors (Lipinski definition) is 0. The van der Waals surface area contributed by atoms with Gasteiger partial charge in [0.25, 0.3) is 8.32 Å². The molecule has 4 aromatic rings. The Kier molecular flexibility index (Phi) is 7.78. The predicted octanol–water partition coefficient (Wildman–Crippen LogP) is 11.4. The number of halogens is 2. The summed E-state index contributed by atoms with van der Waals surface area (Å²) in [4.78, 5) is 0. The van der Waals surface area contributed by atoms with Crippen LogP contribution < -0.4 is 4.43 Å². The lowest BCUT2D eigenvalue weighted by Crippen LogP contribution is -2.50. The molecule has 1 aliphatic carbocycles. The molecule has 0 fully saturated rings. The van der Waals surface area contributed by atoms with Crippen molar-refractivity contribution in [1.29, 1.82) is 0 Å². The van der Waals surface area contributed by atoms with Crippen LogP contribution in [0.4, 0.5) is 0 Å². The average Bonchev–Trinajstić information content (AvgIpc) is 3.16. The molecule has 0 radical (unpaired) electrons. The first-order valence-electron chi connectivity index (χ1n) is 14.0. The van der Waals surface area contributed by atoms with Crippen molar-refractivity contribution in [3.8, 4) is 16.9 Å². The van der Waals surface area contributed by atoms with E-state index in [0.29, 0.717) is 16.6 Å². The van der Waals surface area contributed by atoms with E-state index in [4.69, 9.17) is 4.43 Å². The fourth-order valence-electron chi connectivity index (χ4n) is 7.19. The van der Waals surface area contributed by atoms with Crippen LogP contribution in [-0.2, 0) is 5.41 Å². The zero-order chi connectivity index (χ0) is 28.1. The van der Waals surface area contributed by atoms with Crippen molar-refractivity contribution < 1.29 is 4.43 Å². The third-order valence-corrected chi connectivity index (χ3v) is 15.8. The monoisotopic (exact) mass is 660 g/mol. The molecule has 5 rings (SSSR count). The van der Waals surface area contributed by atoms with Crippen LogP contribution in [0, 0.1) is 6.92 Å². The minimum Gasteiger partial charge on any atom is -0.543 e. The molecule has 0 atom stereocenters. The highest BCUT2D eigenvalue weighted by Gasteiger charge is 2.48. The topological polar surface area (TPSA) is 9.23 Å². The number of aryl methyl sites for hydroxylation is 1. The molecular weight excluding hydrogens is 624 g/mol. The summed E-state index contributed by atoms with van der Waals surface area (Å²) in [5.74, 6) is 0.988. The summed E-state index contributed by atoms with van der Waals surface area (Å²) < 4.78 is 9.24. The second kappa shape index (κ2) is 10.7. The van der Waals surface area contributed by atoms with Gasteiger partial charge in [-0.1, -0.05) is 127 Å². The molecule has 0 saturated heterocycles. The van der Waals surface area contributed by atoms with E-state index in [1.54, 1.807) is 0 Å². The molecule has 0 heterocycles. The number of benzene rings is 4. The second-order valence-electron chi connectivity index (χ2n) is 11.9. The van der Waals surface area contributed by atoms with E-state index in [1.165, 1.54) is 38.9 Å². The Labute approximate surface area is 252 Å². The molecule has 1 nitrogen and oxygen atoms in total. The molecule has 0 bridgehead atoms. The molecule has 0 spiro atoms. The van der Waals surface area contributed by atoms with Crippen molar-refractivity contribution in [3.63, 3.8) is 0 Å². The summed E-state index contributed by atoms with van der Waals surface area (Å²) in [6.45, 7) is 16.2. The van der Waals surface area contributed by atoms with Gasteiger partial charge in [0.15, 0.2) is 0 Å². The standard InChI is InChI=1S/C35H38Br2OSi/c1-22(2)39(23(3)4,24(5)6)38-30-16-12-27(13-17-30)35(26-10-8-25(7)9-11-26)33-20-28(36)14-18-31(33)32-19-15-29(37)21-34(32)35/h8-24H,1-7H3. The Morgan fingerprint density at radius 2 is 1.00 bits per heavy atom. The van der Waals surface area contributed by atoms with Gasteiger partial charge >= 0.3 is 0 Å². The molecule has 0 N–H and O–H groups in total. The lowest BCUT2D eigenvalue weighted by atomic mass is 9.67. The predicted molar refractivity (Wildman–Crippen MR) is 176 cm³/mol. The molecule has 0 unspecified atom stereocenters. The summed E-state index contributed by atoms with van der Waals surface area (Å²) in [7, 11) is -2.05. The van der Waals surface area contributed by atoms with Crippen LogP contribution in [0.3, 0.4) is 0 Å². The highest BCUT2D eigenvalue weighted by atomic mass is 79.9. The van der Waals surface area contributed by atoms with Crippen molar-refractivity contribution in [2.24, 2.45) is 0 Å². The zero-order valence-corrected chi connectivity index (χ0v) is 28.2. The molecular formula is C35H38Br2OSi. The van der Waals surface area contributed by atoms with Gasteiger partial charge in [-0.15, -0.1) is 0 Å². The van der Waals surface area contributed by atoms with Gasteiger partial charge in [-0.05, 0) is 93.3 Å². The molecule has 0 aromatic heterocycles. The van der Waals surface area contributed by atoms with Gasteiger partial charge in [-0.25, -0.2) is 0 Å². The highest BCUT2D eigenvalue weighted by molar-refractivity contribution is 9.10. The SMILES string of the molecule is Cc1ccc(C2(c3ccc(O[Si](C(C)C)(C(C)C)C(C)C)cc3)c3cc(Br)ccc3-c3ccc(Br)cc32)cc1. The first-order chi connectivity index (χ1) is 18.5. The van der Waals surface area contributed by atoms with Gasteiger partial charge in [-0.3, -0.25) is 0 Å². The zero-order valence-electron chi connectivity index (χ0n) is 24.0. The Morgan fingerprint density at radius 3 is 1.41 bits per heavy atom. The Balaban J connectivity index is 1.75. The molecule has 4 aromatic carbocycles. The molecule has 0 saturated carbocycles. The molecule has 39 heavy (non-hydrogen) atoms. The van der Waals surface area contributed by atoms with Crippen molar-refractivity contribution in [3.05, 3.63) is 122 Å². The van der Waals surface area contributed by atoms with Crippen LogP contribution in [0.2, 0.25) is 16.6 Å². The smallest absolute Gasteiger partial charge is 0.258 e. The van der Waals surface area contributed by atoms with E-state index < -0.39 is 13.7 Å². The van der Waals surface area contributed by atoms with E-state index in [9.17, 15) is 0 Å². The van der Waals surface area contributed by atoms with E-state index >= 15 is 0 Å². The maximum Gasteiger partial charge on any atom is 0.258 e. The lowest BCUT2D eigenvalue weighted by Gasteiger charge is -2.42. The minimum absolute atomic E-state index is 0.437. The summed E-state index contributed by atoms with van der Waals surface area (Å²) in [5.41, 5.74) is 10.1. The Bertz CT molecular complexity index is 1410. The molecule has 4 heteroatoms. The van der Waals surface area contributed by atoms with E-state index in [2.05, 4.69) is 165 Å². The molecule has 0 aliphatic heterocycles. The number of hydrogen-bond acceptors (Lipinski definition) is 1. The van der Waals surface area contributed by atoms with Crippen molar-refractivity contribution >= 4 is 40.2 Å². The quantitative estimate of drug-likeness (QED) is 0.158. The van der Waals surface area contributed by atoms with Crippen molar-refractivity contribution in [2.75, 3.05) is 0 Å². The number of rotatable bonds is 7. The first kappa shape index (κ1) is 28.4. The van der Waals surface area contributed by atoms with Crippen molar-refractivity contribution in [2.45, 2.75) is 70.5 Å². The second-order valence-corrected chi connectivity index (χ2v) is 19.1. The summed E-state index contributed by atoms with van der Waals surface area (Å²) in [6, 6.07) is 31.5. The minimum atomic E-state index is -2.05. The van der Waals surface area contributed by atoms with Crippen LogP contribution in [0.25, 0.3) is 11.1 Å². The molecule has 202 valence electrons. The van der Waals surface area contributed by atoms with Crippen LogP contribution >= 0.6 is 31.9 Å². The largest absolute Gasteiger partial charge is 0.543 e.